The molecule has 5 atom stereocenters. The van der Waals surface area contributed by atoms with Gasteiger partial charge in [0.1, 0.15) is 36.2 Å². The normalized spacial score (nSPS) is 24.4. The van der Waals surface area contributed by atoms with Gasteiger partial charge in [-0.3, -0.25) is 9.59 Å². The van der Waals surface area contributed by atoms with Crippen LogP contribution in [0.1, 0.15) is 74.2 Å². The zero-order valence-electron chi connectivity index (χ0n) is 27.1. The van der Waals surface area contributed by atoms with Crippen LogP contribution in [0.4, 0.5) is 5.69 Å². The number of ether oxygens (including phenoxy) is 2. The summed E-state index contributed by atoms with van der Waals surface area (Å²) in [5, 5.41) is 17.3. The summed E-state index contributed by atoms with van der Waals surface area (Å²) in [6.07, 6.45) is -0.101. The molecule has 4 bridgehead atoms. The van der Waals surface area contributed by atoms with Crippen molar-refractivity contribution in [3.05, 3.63) is 82.8 Å². The van der Waals surface area contributed by atoms with Crippen molar-refractivity contribution in [1.29, 1.82) is 0 Å². The number of carbonyl (C=O) groups is 2. The van der Waals surface area contributed by atoms with Gasteiger partial charge in [0.15, 0.2) is 29.2 Å². The number of ketones is 1. The molecule has 1 amide bonds. The van der Waals surface area contributed by atoms with E-state index in [1.807, 2.05) is 56.3 Å². The molecule has 3 N–H and O–H groups in total. The maximum atomic E-state index is 14.1. The van der Waals surface area contributed by atoms with Crippen molar-refractivity contribution < 1.29 is 33.0 Å². The lowest BCUT2D eigenvalue weighted by molar-refractivity contribution is -0.135. The predicted octanol–water partition coefficient (Wildman–Crippen LogP) is 4.55. The van der Waals surface area contributed by atoms with Gasteiger partial charge in [-0.2, -0.15) is 0 Å². The van der Waals surface area contributed by atoms with Gasteiger partial charge < -0.3 is 34.0 Å². The average molecular weight is 652 g/mol. The van der Waals surface area contributed by atoms with Crippen molar-refractivity contribution in [1.82, 2.24) is 15.3 Å². The summed E-state index contributed by atoms with van der Waals surface area (Å²) in [4.78, 5) is 41.4. The Balaban J connectivity index is 1.35. The number of hydrogen-bond donors (Lipinski definition) is 3. The first-order valence-electron chi connectivity index (χ1n) is 16.5. The molecule has 6 heterocycles. The fraction of sp³-hybridized carbons (Fsp3) is 0.417. The second kappa shape index (κ2) is 11.3. The van der Waals surface area contributed by atoms with Crippen LogP contribution in [-0.4, -0.2) is 58.1 Å². The van der Waals surface area contributed by atoms with Crippen molar-refractivity contribution in [3.63, 3.8) is 0 Å². The number of anilines is 1. The largest absolute Gasteiger partial charge is 0.474 e. The van der Waals surface area contributed by atoms with Crippen LogP contribution in [0.3, 0.4) is 0 Å². The zero-order valence-corrected chi connectivity index (χ0v) is 27.1. The number of aromatic nitrogens is 2. The third-order valence-electron chi connectivity index (χ3n) is 9.75. The molecule has 12 heteroatoms. The van der Waals surface area contributed by atoms with Crippen molar-refractivity contribution in [2.45, 2.75) is 64.3 Å². The molecule has 0 fully saturated rings. The third kappa shape index (κ3) is 4.64. The van der Waals surface area contributed by atoms with Crippen LogP contribution >= 0.6 is 0 Å². The second-order valence-corrected chi connectivity index (χ2v) is 13.6. The molecule has 4 aromatic rings. The minimum atomic E-state index is -1.17. The molecule has 2 aromatic carbocycles. The number of aliphatic hydroxyl groups excluding tert-OH is 1. The highest BCUT2D eigenvalue weighted by atomic mass is 16.5. The molecule has 248 valence electrons. The SMILES string of the molecule is CC(C)[C@H](O)C(=O)CC1Cc2ccc3c(c2)C2(c4ccccc4N[C@H]2O3)c2oc(nc2-c2nc(C3=NCCO3)co2)[C@H](C(C)C)NC1=O. The Bertz CT molecular complexity index is 1960. The number of amides is 1. The summed E-state index contributed by atoms with van der Waals surface area (Å²) in [7, 11) is 0. The van der Waals surface area contributed by atoms with E-state index in [1.165, 1.54) is 6.26 Å². The van der Waals surface area contributed by atoms with Crippen LogP contribution in [0.2, 0.25) is 0 Å². The minimum Gasteiger partial charge on any atom is -0.474 e. The van der Waals surface area contributed by atoms with Crippen LogP contribution in [0.15, 0.2) is 62.6 Å². The lowest BCUT2D eigenvalue weighted by Gasteiger charge is -2.28. The van der Waals surface area contributed by atoms with Crippen LogP contribution in [0.5, 0.6) is 5.75 Å². The van der Waals surface area contributed by atoms with Crippen LogP contribution in [-0.2, 0) is 26.2 Å². The van der Waals surface area contributed by atoms with Crippen LogP contribution < -0.4 is 15.4 Å². The first-order valence-corrected chi connectivity index (χ1v) is 16.5. The van der Waals surface area contributed by atoms with E-state index in [1.54, 1.807) is 13.8 Å². The molecular formula is C36H37N5O7. The first-order chi connectivity index (χ1) is 23.1. The highest BCUT2D eigenvalue weighted by Gasteiger charge is 2.61. The summed E-state index contributed by atoms with van der Waals surface area (Å²) < 4.78 is 25.2. The number of oxazole rings is 2. The Morgan fingerprint density at radius 2 is 1.92 bits per heavy atom. The lowest BCUT2D eigenvalue weighted by atomic mass is 9.72. The van der Waals surface area contributed by atoms with Gasteiger partial charge in [0, 0.05) is 23.6 Å². The lowest BCUT2D eigenvalue weighted by Crippen LogP contribution is -2.41. The Morgan fingerprint density at radius 3 is 2.69 bits per heavy atom. The average Bonchev–Trinajstić information content (AvgIpc) is 3.89. The van der Waals surface area contributed by atoms with Crippen molar-refractivity contribution in [2.24, 2.45) is 22.7 Å². The Kier molecular flexibility index (Phi) is 7.17. The molecule has 0 aliphatic carbocycles. The van der Waals surface area contributed by atoms with E-state index in [0.29, 0.717) is 41.9 Å². The number of aliphatic hydroxyl groups is 1. The Morgan fingerprint density at radius 1 is 1.08 bits per heavy atom. The van der Waals surface area contributed by atoms with Gasteiger partial charge in [0.2, 0.25) is 23.6 Å². The molecule has 2 aromatic heterocycles. The molecule has 0 saturated carbocycles. The summed E-state index contributed by atoms with van der Waals surface area (Å²) in [5.41, 5.74) is 3.29. The van der Waals surface area contributed by atoms with Gasteiger partial charge in [-0.1, -0.05) is 58.0 Å². The summed E-state index contributed by atoms with van der Waals surface area (Å²) in [5.74, 6) is 0.140. The van der Waals surface area contributed by atoms with Crippen molar-refractivity contribution in [2.75, 3.05) is 18.5 Å². The second-order valence-electron chi connectivity index (χ2n) is 13.6. The molecule has 1 spiro atoms. The van der Waals surface area contributed by atoms with E-state index >= 15 is 0 Å². The van der Waals surface area contributed by atoms with Crippen LogP contribution in [0, 0.1) is 17.8 Å². The molecule has 8 rings (SSSR count). The third-order valence-corrected chi connectivity index (χ3v) is 9.75. The summed E-state index contributed by atoms with van der Waals surface area (Å²) >= 11 is 0. The smallest absolute Gasteiger partial charge is 0.249 e. The van der Waals surface area contributed by atoms with Crippen molar-refractivity contribution >= 4 is 23.3 Å². The van der Waals surface area contributed by atoms with Gasteiger partial charge >= 0.3 is 0 Å². The van der Waals surface area contributed by atoms with Gasteiger partial charge in [-0.25, -0.2) is 15.0 Å². The van der Waals surface area contributed by atoms with Gasteiger partial charge in [0.25, 0.3) is 0 Å². The number of hydrogen-bond acceptors (Lipinski definition) is 11. The quantitative estimate of drug-likeness (QED) is 0.259. The van der Waals surface area contributed by atoms with E-state index in [0.717, 1.165) is 22.4 Å². The molecule has 0 radical (unpaired) electrons. The predicted molar refractivity (Wildman–Crippen MR) is 174 cm³/mol. The van der Waals surface area contributed by atoms with Gasteiger partial charge in [-0.15, -0.1) is 0 Å². The standard InChI is InChI=1S/C36H37N5O7/c1-17(2)27-34-41-28(33-38-24(16-46-33)32-37-11-12-45-32)30(48-34)36-21-7-5-6-8-23(21)39-35(36)47-26-10-9-19(14-22(26)36)13-20(31(44)40-27)15-25(42)29(43)18(3)4/h5-10,14,16-18,20,27,29,35,39,43H,11-13,15H2,1-4H3,(H,40,44)/t20?,27-,29-,35-,36?/m0/s1. The fourth-order valence-corrected chi connectivity index (χ4v) is 7.27. The Labute approximate surface area is 277 Å². The molecular weight excluding hydrogens is 614 g/mol. The highest BCUT2D eigenvalue weighted by Crippen LogP contribution is 2.59. The van der Waals surface area contributed by atoms with Crippen molar-refractivity contribution in [3.8, 4) is 17.3 Å². The number of Topliss-reactive ketones (excluding diaryl/α,β-unsaturated/α-hetero) is 1. The maximum absolute atomic E-state index is 14.1. The molecule has 4 aliphatic heterocycles. The van der Waals surface area contributed by atoms with E-state index in [2.05, 4.69) is 15.6 Å². The maximum Gasteiger partial charge on any atom is 0.249 e. The Hall–Kier alpha value is -4.97. The molecule has 0 saturated heterocycles. The van der Waals surface area contributed by atoms with E-state index < -0.39 is 29.7 Å². The van der Waals surface area contributed by atoms with E-state index in [9.17, 15) is 14.7 Å². The number of fused-ring (bicyclic) bond motifs is 4. The number of benzene rings is 2. The number of aliphatic imine (C=N–C) groups is 1. The number of nitrogens with one attached hydrogen (secondary N) is 2. The molecule has 4 aliphatic rings. The fourth-order valence-electron chi connectivity index (χ4n) is 7.27. The van der Waals surface area contributed by atoms with E-state index in [-0.39, 0.29) is 48.1 Å². The van der Waals surface area contributed by atoms with Gasteiger partial charge in [0.05, 0.1) is 6.54 Å². The van der Waals surface area contributed by atoms with E-state index in [4.69, 9.17) is 28.3 Å². The minimum absolute atomic E-state index is 0.116. The molecule has 48 heavy (non-hydrogen) atoms. The highest BCUT2D eigenvalue weighted by molar-refractivity contribution is 5.93. The number of para-hydroxylation sites is 1. The number of nitrogens with zero attached hydrogens (tertiary/aromatic N) is 3. The van der Waals surface area contributed by atoms with Crippen LogP contribution in [0.25, 0.3) is 11.6 Å². The summed E-state index contributed by atoms with van der Waals surface area (Å²) in [6, 6.07) is 13.2. The summed E-state index contributed by atoms with van der Waals surface area (Å²) in [6.45, 7) is 8.51. The molecule has 12 nitrogen and oxygen atoms in total. The monoisotopic (exact) mass is 651 g/mol. The topological polar surface area (TPSA) is 161 Å². The number of carbonyl (C=O) groups excluding carboxylic acids is 2. The zero-order chi connectivity index (χ0) is 33.3. The first kappa shape index (κ1) is 30.4. The molecule has 2 unspecified atom stereocenters. The van der Waals surface area contributed by atoms with Gasteiger partial charge in [-0.05, 0) is 41.5 Å². The number of rotatable bonds is 7.